The summed E-state index contributed by atoms with van der Waals surface area (Å²) in [6.45, 7) is 4.57. The average Bonchev–Trinajstić information content (AvgIpc) is 2.86. The molecule has 106 valence electrons. The lowest BCUT2D eigenvalue weighted by molar-refractivity contribution is 0.0940. The summed E-state index contributed by atoms with van der Waals surface area (Å²) < 4.78 is 6.36. The van der Waals surface area contributed by atoms with Gasteiger partial charge in [0, 0.05) is 5.38 Å². The highest BCUT2D eigenvalue weighted by atomic mass is 79.9. The van der Waals surface area contributed by atoms with Gasteiger partial charge in [0.05, 0.1) is 22.0 Å². The normalized spacial score (nSPS) is 11.9. The summed E-state index contributed by atoms with van der Waals surface area (Å²) in [7, 11) is 0. The monoisotopic (exact) mass is 353 g/mol. The fourth-order valence-corrected chi connectivity index (χ4v) is 2.95. The number of amides is 1. The van der Waals surface area contributed by atoms with Crippen LogP contribution in [0.3, 0.4) is 0 Å². The van der Waals surface area contributed by atoms with E-state index in [-0.39, 0.29) is 11.9 Å². The molecular weight excluding hydrogens is 338 g/mol. The molecule has 1 aromatic heterocycles. The van der Waals surface area contributed by atoms with Gasteiger partial charge in [0.15, 0.2) is 0 Å². The van der Waals surface area contributed by atoms with Crippen LogP contribution in [0.2, 0.25) is 0 Å². The molecule has 0 fully saturated rings. The van der Waals surface area contributed by atoms with Crippen molar-refractivity contribution in [3.8, 4) is 5.75 Å². The van der Waals surface area contributed by atoms with E-state index < -0.39 is 0 Å². The number of ether oxygens (including phenoxy) is 1. The van der Waals surface area contributed by atoms with Crippen molar-refractivity contribution in [1.82, 2.24) is 5.32 Å². The second-order valence-corrected chi connectivity index (χ2v) is 6.63. The fraction of sp³-hybridized carbons (Fsp3) is 0.267. The highest BCUT2D eigenvalue weighted by Crippen LogP contribution is 2.22. The second kappa shape index (κ2) is 6.90. The van der Waals surface area contributed by atoms with Gasteiger partial charge in [0.2, 0.25) is 0 Å². The summed E-state index contributed by atoms with van der Waals surface area (Å²) in [5.41, 5.74) is 1.73. The molecule has 0 aliphatic carbocycles. The van der Waals surface area contributed by atoms with E-state index >= 15 is 0 Å². The molecule has 3 nitrogen and oxygen atoms in total. The molecule has 1 heterocycles. The third kappa shape index (κ3) is 3.84. The van der Waals surface area contributed by atoms with E-state index in [2.05, 4.69) is 21.2 Å². The third-order valence-electron chi connectivity index (χ3n) is 2.87. The highest BCUT2D eigenvalue weighted by molar-refractivity contribution is 9.11. The molecule has 1 N–H and O–H groups in total. The van der Waals surface area contributed by atoms with Crippen LogP contribution < -0.4 is 10.1 Å². The van der Waals surface area contributed by atoms with E-state index in [1.807, 2.05) is 49.6 Å². The number of carbonyl (C=O) groups excluding carboxylic acids is 1. The van der Waals surface area contributed by atoms with Crippen LogP contribution in [0.5, 0.6) is 5.75 Å². The molecule has 5 heteroatoms. The molecule has 0 saturated heterocycles. The van der Waals surface area contributed by atoms with Gasteiger partial charge in [-0.3, -0.25) is 4.79 Å². The van der Waals surface area contributed by atoms with Crippen LogP contribution in [-0.2, 0) is 0 Å². The predicted octanol–water partition coefficient (Wildman–Crippen LogP) is 4.40. The van der Waals surface area contributed by atoms with Crippen LogP contribution in [-0.4, -0.2) is 12.5 Å². The van der Waals surface area contributed by atoms with E-state index in [1.54, 1.807) is 0 Å². The Hall–Kier alpha value is -1.33. The summed E-state index contributed by atoms with van der Waals surface area (Å²) >= 11 is 4.86. The number of carbonyl (C=O) groups is 1. The lowest BCUT2D eigenvalue weighted by atomic mass is 10.1. The molecule has 1 aromatic carbocycles. The maximum absolute atomic E-state index is 12.1. The van der Waals surface area contributed by atoms with E-state index in [0.29, 0.717) is 12.2 Å². The largest absolute Gasteiger partial charge is 0.494 e. The Morgan fingerprint density at radius 1 is 1.40 bits per heavy atom. The average molecular weight is 354 g/mol. The number of nitrogens with one attached hydrogen (secondary N) is 1. The quantitative estimate of drug-likeness (QED) is 0.864. The first-order valence-corrected chi connectivity index (χ1v) is 8.05. The van der Waals surface area contributed by atoms with Gasteiger partial charge in [-0.2, -0.15) is 0 Å². The first-order valence-electron chi connectivity index (χ1n) is 6.37. The van der Waals surface area contributed by atoms with Gasteiger partial charge in [-0.15, -0.1) is 11.3 Å². The lowest BCUT2D eigenvalue weighted by Crippen LogP contribution is -2.26. The zero-order valence-corrected chi connectivity index (χ0v) is 13.8. The molecule has 1 atom stereocenters. The van der Waals surface area contributed by atoms with Gasteiger partial charge < -0.3 is 10.1 Å². The Balaban J connectivity index is 2.00. The molecule has 2 aromatic rings. The van der Waals surface area contributed by atoms with E-state index in [0.717, 1.165) is 15.1 Å². The van der Waals surface area contributed by atoms with Crippen molar-refractivity contribution in [1.29, 1.82) is 0 Å². The number of halogens is 1. The maximum atomic E-state index is 12.1. The summed E-state index contributed by atoms with van der Waals surface area (Å²) in [4.78, 5) is 12.1. The Labute approximate surface area is 131 Å². The SMILES string of the molecule is CCOc1ccc(C(C)NC(=O)c2csc(Br)c2)cc1. The molecule has 0 bridgehead atoms. The minimum absolute atomic E-state index is 0.0446. The smallest absolute Gasteiger partial charge is 0.252 e. The van der Waals surface area contributed by atoms with E-state index in [9.17, 15) is 4.79 Å². The van der Waals surface area contributed by atoms with E-state index in [1.165, 1.54) is 11.3 Å². The molecule has 2 rings (SSSR count). The molecule has 0 aliphatic rings. The van der Waals surface area contributed by atoms with Crippen LogP contribution in [0.25, 0.3) is 0 Å². The highest BCUT2D eigenvalue weighted by Gasteiger charge is 2.12. The zero-order valence-electron chi connectivity index (χ0n) is 11.4. The Morgan fingerprint density at radius 3 is 2.65 bits per heavy atom. The van der Waals surface area contributed by atoms with Crippen LogP contribution in [0.1, 0.15) is 35.8 Å². The minimum Gasteiger partial charge on any atom is -0.494 e. The Morgan fingerprint density at radius 2 is 2.10 bits per heavy atom. The standard InChI is InChI=1S/C15H16BrNO2S/c1-3-19-13-6-4-11(5-7-13)10(2)17-15(18)12-8-14(16)20-9-12/h4-10H,3H2,1-2H3,(H,17,18). The number of benzene rings is 1. The number of hydrogen-bond donors (Lipinski definition) is 1. The molecule has 1 unspecified atom stereocenters. The van der Waals surface area contributed by atoms with Crippen LogP contribution in [0.15, 0.2) is 39.5 Å². The number of thiophene rings is 1. The summed E-state index contributed by atoms with van der Waals surface area (Å²) in [5.74, 6) is 0.782. The van der Waals surface area contributed by atoms with Crippen molar-refractivity contribution in [3.05, 3.63) is 50.6 Å². The lowest BCUT2D eigenvalue weighted by Gasteiger charge is -2.14. The van der Waals surface area contributed by atoms with E-state index in [4.69, 9.17) is 4.74 Å². The molecule has 0 aliphatic heterocycles. The van der Waals surface area contributed by atoms with Crippen molar-refractivity contribution in [3.63, 3.8) is 0 Å². The van der Waals surface area contributed by atoms with Crippen LogP contribution >= 0.6 is 27.3 Å². The van der Waals surface area contributed by atoms with Gasteiger partial charge >= 0.3 is 0 Å². The first kappa shape index (κ1) is 15.1. The molecule has 20 heavy (non-hydrogen) atoms. The zero-order chi connectivity index (χ0) is 14.5. The second-order valence-electron chi connectivity index (χ2n) is 4.34. The van der Waals surface area contributed by atoms with Crippen molar-refractivity contribution >= 4 is 33.2 Å². The molecule has 0 radical (unpaired) electrons. The summed E-state index contributed by atoms with van der Waals surface area (Å²) in [6, 6.07) is 9.56. The van der Waals surface area contributed by atoms with Gasteiger partial charge in [-0.25, -0.2) is 0 Å². The predicted molar refractivity (Wildman–Crippen MR) is 85.5 cm³/mol. The van der Waals surface area contributed by atoms with Crippen molar-refractivity contribution in [2.75, 3.05) is 6.61 Å². The molecular formula is C15H16BrNO2S. The molecule has 1 amide bonds. The number of hydrogen-bond acceptors (Lipinski definition) is 3. The first-order chi connectivity index (χ1) is 9.60. The minimum atomic E-state index is -0.0617. The maximum Gasteiger partial charge on any atom is 0.252 e. The Bertz CT molecular complexity index is 580. The molecule has 0 saturated carbocycles. The van der Waals surface area contributed by atoms with Gasteiger partial charge in [-0.1, -0.05) is 12.1 Å². The Kier molecular flexibility index (Phi) is 5.20. The third-order valence-corrected chi connectivity index (χ3v) is 4.37. The number of rotatable bonds is 5. The van der Waals surface area contributed by atoms with Crippen molar-refractivity contribution in [2.24, 2.45) is 0 Å². The van der Waals surface area contributed by atoms with Gasteiger partial charge in [-0.05, 0) is 53.5 Å². The van der Waals surface area contributed by atoms with Crippen LogP contribution in [0.4, 0.5) is 0 Å². The summed E-state index contributed by atoms with van der Waals surface area (Å²) in [5, 5.41) is 4.82. The van der Waals surface area contributed by atoms with Crippen molar-refractivity contribution < 1.29 is 9.53 Å². The fourth-order valence-electron chi connectivity index (χ4n) is 1.81. The van der Waals surface area contributed by atoms with Crippen LogP contribution in [0, 0.1) is 0 Å². The van der Waals surface area contributed by atoms with Crippen molar-refractivity contribution in [2.45, 2.75) is 19.9 Å². The van der Waals surface area contributed by atoms with Gasteiger partial charge in [0.1, 0.15) is 5.75 Å². The van der Waals surface area contributed by atoms with Gasteiger partial charge in [0.25, 0.3) is 5.91 Å². The molecule has 0 spiro atoms. The topological polar surface area (TPSA) is 38.3 Å². The summed E-state index contributed by atoms with van der Waals surface area (Å²) in [6.07, 6.45) is 0.